The Hall–Kier alpha value is -1.26. The van der Waals surface area contributed by atoms with Gasteiger partial charge in [0.2, 0.25) is 27.9 Å². The second kappa shape index (κ2) is 3.23. The lowest BCUT2D eigenvalue weighted by Crippen LogP contribution is -2.06. The van der Waals surface area contributed by atoms with E-state index in [4.69, 9.17) is 16.0 Å². The summed E-state index contributed by atoms with van der Waals surface area (Å²) in [5.41, 5.74) is 0. The highest BCUT2D eigenvalue weighted by atomic mass is 15.2. The Balaban J connectivity index is 3.02. The highest BCUT2D eigenvalue weighted by Gasteiger charge is 1.97. The average molecular weight is 145 g/mol. The zero-order chi connectivity index (χ0) is 8.27. The number of nitrogens with one attached hydrogen (secondary N) is 2. The van der Waals surface area contributed by atoms with Gasteiger partial charge in [0.1, 0.15) is 5.82 Å². The van der Waals surface area contributed by atoms with Crippen molar-refractivity contribution in [1.82, 2.24) is 15.0 Å². The number of aromatic nitrogens is 3. The van der Waals surface area contributed by atoms with E-state index >= 15 is 0 Å². The van der Waals surface area contributed by atoms with E-state index in [0.29, 0.717) is 5.82 Å². The number of nitrogens with zero attached hydrogens (tertiary/aromatic N) is 3. The molecule has 1 heterocycles. The molecule has 11 heavy (non-hydrogen) atoms. The summed E-state index contributed by atoms with van der Waals surface area (Å²) in [5.74, 6) is 1.11. The molecule has 0 aliphatic carbocycles. The second-order valence-electron chi connectivity index (χ2n) is 1.82. The zero-order valence-corrected chi connectivity index (χ0v) is 6.00. The first-order valence-corrected chi connectivity index (χ1v) is 2.92. The maximum absolute atomic E-state index is 5.07. The summed E-state index contributed by atoms with van der Waals surface area (Å²) in [7, 11) is 10.1. The first-order chi connectivity index (χ1) is 5.26. The molecular weight excluding hydrogens is 140 g/mol. The van der Waals surface area contributed by atoms with Gasteiger partial charge in [-0.1, -0.05) is 0 Å². The molecule has 0 aromatic carbocycles. The maximum Gasteiger partial charge on any atom is 0.226 e. The van der Waals surface area contributed by atoms with Crippen LogP contribution in [0.15, 0.2) is 0 Å². The van der Waals surface area contributed by atoms with E-state index in [1.165, 1.54) is 0 Å². The summed E-state index contributed by atoms with van der Waals surface area (Å²) in [4.78, 5) is 11.5. The van der Waals surface area contributed by atoms with Gasteiger partial charge in [-0.2, -0.15) is 15.0 Å². The van der Waals surface area contributed by atoms with Crippen molar-refractivity contribution >= 4 is 27.9 Å². The first-order valence-electron chi connectivity index (χ1n) is 2.92. The molecule has 7 heteroatoms. The Kier molecular flexibility index (Phi) is 2.30. The number of hydrogen-bond acceptors (Lipinski definition) is 5. The lowest BCUT2D eigenvalue weighted by Gasteiger charge is -2.02. The summed E-state index contributed by atoms with van der Waals surface area (Å²) in [6.07, 6.45) is 0. The molecule has 5 nitrogen and oxygen atoms in total. The van der Waals surface area contributed by atoms with Crippen molar-refractivity contribution in [3.05, 3.63) is 5.82 Å². The normalized spacial score (nSPS) is 9.18. The average Bonchev–Trinajstić information content (AvgIpc) is 2.03. The van der Waals surface area contributed by atoms with Crippen LogP contribution in [0.1, 0.15) is 5.82 Å². The molecule has 0 aliphatic heterocycles. The minimum Gasteiger partial charge on any atom is -0.407 e. The van der Waals surface area contributed by atoms with E-state index in [-0.39, 0.29) is 11.9 Å². The standard InChI is InChI=1S/C4H5B2N5/c1-2-7-3(10-5)9-4(8-2)11-6/h1H3,(H2,7,8,9,10,11). The zero-order valence-electron chi connectivity index (χ0n) is 6.00. The van der Waals surface area contributed by atoms with Crippen LogP contribution < -0.4 is 10.5 Å². The monoisotopic (exact) mass is 145 g/mol. The van der Waals surface area contributed by atoms with E-state index in [1.54, 1.807) is 6.92 Å². The molecule has 0 unspecified atom stereocenters. The van der Waals surface area contributed by atoms with Crippen LogP contribution in [-0.4, -0.2) is 30.9 Å². The van der Waals surface area contributed by atoms with E-state index < -0.39 is 0 Å². The van der Waals surface area contributed by atoms with Crippen molar-refractivity contribution < 1.29 is 0 Å². The third-order valence-electron chi connectivity index (χ3n) is 1.01. The lowest BCUT2D eigenvalue weighted by atomic mass is 10.4. The molecule has 1 rings (SSSR count). The SMILES string of the molecule is [B]Nc1nc(C)nc(N[B])n1. The van der Waals surface area contributed by atoms with Crippen LogP contribution in [0.2, 0.25) is 0 Å². The fourth-order valence-electron chi connectivity index (χ4n) is 0.611. The van der Waals surface area contributed by atoms with E-state index in [0.717, 1.165) is 0 Å². The van der Waals surface area contributed by atoms with Crippen molar-refractivity contribution in [2.45, 2.75) is 6.92 Å². The molecule has 1 aromatic heterocycles. The van der Waals surface area contributed by atoms with Crippen LogP contribution in [0.4, 0.5) is 11.9 Å². The molecular formula is C4H5B2N5. The Morgan fingerprint density at radius 2 is 1.45 bits per heavy atom. The van der Waals surface area contributed by atoms with Gasteiger partial charge >= 0.3 is 0 Å². The molecule has 0 saturated carbocycles. The molecule has 1 aromatic rings. The third kappa shape index (κ3) is 1.83. The van der Waals surface area contributed by atoms with Gasteiger partial charge in [-0.25, -0.2) is 0 Å². The molecule has 0 saturated heterocycles. The second-order valence-corrected chi connectivity index (χ2v) is 1.82. The number of hydrogen-bond donors (Lipinski definition) is 2. The van der Waals surface area contributed by atoms with Gasteiger partial charge in [0.15, 0.2) is 0 Å². The van der Waals surface area contributed by atoms with Crippen LogP contribution >= 0.6 is 0 Å². The number of anilines is 2. The summed E-state index contributed by atoms with van der Waals surface area (Å²) in [5, 5.41) is 4.57. The van der Waals surface area contributed by atoms with Gasteiger partial charge in [0.25, 0.3) is 0 Å². The van der Waals surface area contributed by atoms with Gasteiger partial charge in [0, 0.05) is 0 Å². The Bertz CT molecular complexity index is 230. The minimum absolute atomic E-state index is 0.283. The number of aryl methyl sites for hydroxylation is 1. The highest BCUT2D eigenvalue weighted by molar-refractivity contribution is 6.16. The molecule has 2 N–H and O–H groups in total. The van der Waals surface area contributed by atoms with E-state index in [1.807, 2.05) is 0 Å². The fraction of sp³-hybridized carbons (Fsp3) is 0.250. The molecule has 0 fully saturated rings. The predicted molar refractivity (Wildman–Crippen MR) is 43.3 cm³/mol. The van der Waals surface area contributed by atoms with Crippen molar-refractivity contribution in [1.29, 1.82) is 0 Å². The third-order valence-corrected chi connectivity index (χ3v) is 1.01. The maximum atomic E-state index is 5.07. The van der Waals surface area contributed by atoms with Gasteiger partial charge < -0.3 is 10.5 Å². The smallest absolute Gasteiger partial charge is 0.226 e. The number of rotatable bonds is 2. The lowest BCUT2D eigenvalue weighted by molar-refractivity contribution is 1.000. The molecule has 0 atom stereocenters. The Labute approximate surface area is 66.9 Å². The predicted octanol–water partition coefficient (Wildman–Crippen LogP) is -0.829. The Morgan fingerprint density at radius 1 is 1.00 bits per heavy atom. The van der Waals surface area contributed by atoms with Crippen molar-refractivity contribution in [3.63, 3.8) is 0 Å². The first kappa shape index (κ1) is 7.84. The summed E-state index contributed by atoms with van der Waals surface area (Å²) < 4.78 is 0. The largest absolute Gasteiger partial charge is 0.407 e. The fourth-order valence-corrected chi connectivity index (χ4v) is 0.611. The van der Waals surface area contributed by atoms with Gasteiger partial charge in [-0.15, -0.1) is 0 Å². The van der Waals surface area contributed by atoms with Crippen LogP contribution in [0, 0.1) is 6.92 Å². The van der Waals surface area contributed by atoms with Gasteiger partial charge in [-0.05, 0) is 6.92 Å². The topological polar surface area (TPSA) is 62.7 Å². The molecule has 0 bridgehead atoms. The minimum atomic E-state index is 0.283. The molecule has 0 amide bonds. The molecule has 0 spiro atoms. The Morgan fingerprint density at radius 3 is 1.82 bits per heavy atom. The quantitative estimate of drug-likeness (QED) is 0.531. The molecule has 0 aliphatic rings. The molecule has 4 radical (unpaired) electrons. The summed E-state index contributed by atoms with van der Waals surface area (Å²) in [6, 6.07) is 0. The van der Waals surface area contributed by atoms with E-state index in [2.05, 4.69) is 25.4 Å². The van der Waals surface area contributed by atoms with Crippen LogP contribution in [0.5, 0.6) is 0 Å². The summed E-state index contributed by atoms with van der Waals surface area (Å²) >= 11 is 0. The van der Waals surface area contributed by atoms with Crippen molar-refractivity contribution in [3.8, 4) is 0 Å². The van der Waals surface area contributed by atoms with Crippen molar-refractivity contribution in [2.75, 3.05) is 10.5 Å². The molecule has 52 valence electrons. The van der Waals surface area contributed by atoms with Crippen LogP contribution in [-0.2, 0) is 0 Å². The van der Waals surface area contributed by atoms with Crippen LogP contribution in [0.25, 0.3) is 0 Å². The van der Waals surface area contributed by atoms with Crippen LogP contribution in [0.3, 0.4) is 0 Å². The van der Waals surface area contributed by atoms with Gasteiger partial charge in [0.05, 0.1) is 0 Å². The summed E-state index contributed by atoms with van der Waals surface area (Å²) in [6.45, 7) is 1.71. The highest BCUT2D eigenvalue weighted by Crippen LogP contribution is 2.01. The van der Waals surface area contributed by atoms with E-state index in [9.17, 15) is 0 Å². The van der Waals surface area contributed by atoms with Gasteiger partial charge in [-0.3, -0.25) is 0 Å². The van der Waals surface area contributed by atoms with Crippen molar-refractivity contribution in [2.24, 2.45) is 0 Å².